The van der Waals surface area contributed by atoms with E-state index in [1.54, 1.807) is 13.8 Å². The fourth-order valence-corrected chi connectivity index (χ4v) is 9.25. The molecule has 0 aromatic carbocycles. The molecule has 0 aromatic heterocycles. The lowest BCUT2D eigenvalue weighted by Gasteiger charge is -2.21. The first-order chi connectivity index (χ1) is 54.7. The monoisotopic (exact) mass is 1630 g/mol. The van der Waals surface area contributed by atoms with Crippen LogP contribution in [0.5, 0.6) is 0 Å². The van der Waals surface area contributed by atoms with Crippen LogP contribution >= 0.6 is 0 Å². The van der Waals surface area contributed by atoms with Crippen molar-refractivity contribution in [3.63, 3.8) is 0 Å². The Labute approximate surface area is 666 Å². The molecule has 2 unspecified atom stereocenters. The number of ether oxygens (including phenoxy) is 22. The zero-order valence-corrected chi connectivity index (χ0v) is 68.0. The number of aliphatic hydroxyl groups is 1. The zero-order valence-electron chi connectivity index (χ0n) is 68.0. The maximum absolute atomic E-state index is 12.0. The van der Waals surface area contributed by atoms with Gasteiger partial charge in [0.25, 0.3) is 0 Å². The Kier molecular flexibility index (Phi) is 70.6. The van der Waals surface area contributed by atoms with E-state index in [1.165, 1.54) is 0 Å². The lowest BCUT2D eigenvalue weighted by atomic mass is 9.91. The van der Waals surface area contributed by atoms with Crippen LogP contribution in [0.4, 0.5) is 47.9 Å². The largest absolute Gasteiger partial charge is 0.508 e. The minimum Gasteiger partial charge on any atom is -0.465 e. The van der Waals surface area contributed by atoms with E-state index in [-0.39, 0.29) is 145 Å². The number of aliphatic hydroxyl groups excluding tert-OH is 1. The number of hydrogen-bond acceptors (Lipinski definition) is 35. The molecule has 0 amide bonds. The molecule has 0 aromatic rings. The van der Waals surface area contributed by atoms with Crippen LogP contribution in [0.25, 0.3) is 0 Å². The minimum atomic E-state index is -1.18. The Morgan fingerprint density at radius 1 is 0.239 bits per heavy atom. The molecule has 0 aliphatic heterocycles. The molecular weight excluding hydrogens is 1500 g/mol. The Bertz CT molecular complexity index is 2460. The lowest BCUT2D eigenvalue weighted by molar-refractivity contribution is -0.158. The molecule has 0 heterocycles. The zero-order chi connectivity index (χ0) is 83.2. The Hall–Kier alpha value is -8.40. The van der Waals surface area contributed by atoms with E-state index in [9.17, 15) is 62.6 Å². The van der Waals surface area contributed by atoms with Crippen molar-refractivity contribution in [2.24, 2.45) is 11.3 Å². The van der Waals surface area contributed by atoms with Crippen molar-refractivity contribution in [3.8, 4) is 0 Å². The third-order valence-corrected chi connectivity index (χ3v) is 16.6. The predicted molar refractivity (Wildman–Crippen MR) is 401 cm³/mol. The molecule has 1 N–H and O–H groups in total. The molecular formula is C78H134O35. The second kappa shape index (κ2) is 76.2. The van der Waals surface area contributed by atoms with E-state index < -0.39 is 79.0 Å². The van der Waals surface area contributed by atoms with Gasteiger partial charge in [0.1, 0.15) is 19.3 Å². The van der Waals surface area contributed by atoms with E-state index in [2.05, 4.69) is 13.8 Å². The maximum Gasteiger partial charge on any atom is 0.508 e. The topological polar surface area (TPSA) is 428 Å². The first kappa shape index (κ1) is 105. The Balaban J connectivity index is 3.51. The van der Waals surface area contributed by atoms with Crippen molar-refractivity contribution in [2.45, 2.75) is 272 Å². The van der Waals surface area contributed by atoms with Crippen molar-refractivity contribution in [2.75, 3.05) is 145 Å². The third kappa shape index (κ3) is 73.5. The molecule has 656 valence electrons. The van der Waals surface area contributed by atoms with E-state index in [4.69, 9.17) is 104 Å². The van der Waals surface area contributed by atoms with Gasteiger partial charge in [-0.15, -0.1) is 0 Å². The highest BCUT2D eigenvalue weighted by Crippen LogP contribution is 2.22. The molecule has 0 fully saturated rings. The van der Waals surface area contributed by atoms with Gasteiger partial charge in [0.2, 0.25) is 0 Å². The molecule has 0 saturated heterocycles. The fourth-order valence-electron chi connectivity index (χ4n) is 9.25. The second-order valence-electron chi connectivity index (χ2n) is 26.9. The Morgan fingerprint density at radius 3 is 0.628 bits per heavy atom. The summed E-state index contributed by atoms with van der Waals surface area (Å²) in [5.41, 5.74) is -0.679. The van der Waals surface area contributed by atoms with Crippen LogP contribution in [0, 0.1) is 11.3 Å². The molecule has 0 saturated carbocycles. The van der Waals surface area contributed by atoms with Gasteiger partial charge in [-0.1, -0.05) is 40.0 Å². The van der Waals surface area contributed by atoms with Crippen LogP contribution in [0.2, 0.25) is 0 Å². The second-order valence-corrected chi connectivity index (χ2v) is 26.9. The van der Waals surface area contributed by atoms with Gasteiger partial charge in [-0.3, -0.25) is 9.59 Å². The van der Waals surface area contributed by atoms with E-state index in [0.717, 1.165) is 32.1 Å². The van der Waals surface area contributed by atoms with Crippen LogP contribution in [0.1, 0.15) is 266 Å². The molecule has 2 atom stereocenters. The smallest absolute Gasteiger partial charge is 0.465 e. The van der Waals surface area contributed by atoms with Crippen molar-refractivity contribution in [1.29, 1.82) is 0 Å². The fraction of sp³-hybridized carbons (Fsp3) is 0.846. The van der Waals surface area contributed by atoms with E-state index in [1.807, 2.05) is 6.92 Å². The lowest BCUT2D eigenvalue weighted by Crippen LogP contribution is -2.31. The summed E-state index contributed by atoms with van der Waals surface area (Å²) in [7, 11) is 0. The summed E-state index contributed by atoms with van der Waals surface area (Å²) in [5, 5.41) is 9.87. The van der Waals surface area contributed by atoms with Crippen LogP contribution in [0.15, 0.2) is 0 Å². The van der Waals surface area contributed by atoms with Gasteiger partial charge in [0, 0.05) is 6.42 Å². The van der Waals surface area contributed by atoms with Crippen LogP contribution in [0.3, 0.4) is 0 Å². The molecule has 0 spiro atoms. The number of hydrogen-bond donors (Lipinski definition) is 1. The number of rotatable bonds is 72. The molecule has 0 rings (SSSR count). The number of carbonyl (C=O) groups excluding carboxylic acids is 12. The van der Waals surface area contributed by atoms with Crippen LogP contribution in [-0.2, 0) is 114 Å². The molecule has 35 nitrogen and oxygen atoms in total. The molecule has 113 heavy (non-hydrogen) atoms. The molecule has 35 heteroatoms. The number of unbranched alkanes of at least 4 members (excludes halogenated alkanes) is 21. The van der Waals surface area contributed by atoms with Gasteiger partial charge in [-0.2, -0.15) is 0 Å². The number of esters is 2. The highest BCUT2D eigenvalue weighted by molar-refractivity contribution is 5.75. The normalized spacial score (nSPS) is 11.4. The third-order valence-electron chi connectivity index (χ3n) is 16.6. The van der Waals surface area contributed by atoms with E-state index in [0.29, 0.717) is 212 Å². The summed E-state index contributed by atoms with van der Waals surface area (Å²) < 4.78 is 111. The maximum atomic E-state index is 12.0. The van der Waals surface area contributed by atoms with Gasteiger partial charge < -0.3 is 109 Å². The summed E-state index contributed by atoms with van der Waals surface area (Å²) in [4.78, 5) is 142. The highest BCUT2D eigenvalue weighted by Gasteiger charge is 2.28. The van der Waals surface area contributed by atoms with Crippen molar-refractivity contribution in [1.82, 2.24) is 0 Å². The summed E-state index contributed by atoms with van der Waals surface area (Å²) in [6.07, 6.45) is 13.4. The summed E-state index contributed by atoms with van der Waals surface area (Å²) in [6.45, 7) is 12.0. The van der Waals surface area contributed by atoms with Gasteiger partial charge >= 0.3 is 73.5 Å². The molecule has 0 radical (unpaired) electrons. The summed E-state index contributed by atoms with van der Waals surface area (Å²) in [6, 6.07) is 0. The van der Waals surface area contributed by atoms with Gasteiger partial charge in [0.05, 0.1) is 138 Å². The van der Waals surface area contributed by atoms with Crippen molar-refractivity contribution in [3.05, 3.63) is 0 Å². The van der Waals surface area contributed by atoms with Gasteiger partial charge in [0.15, 0.2) is 0 Å². The SMILES string of the molecule is CCCCC(CC)COC(=O)CCCCCOC(=O)OCCCCCOC(=O)OCCCCCOC(=O)OCCCCCOC(=O)OCCCCCOC(=O)OCCCCCOC(=O)OCCCCCOC(=O)OCCCCCOC(=O)OCCCCCOC(=O)OCCCCCOC(=O)OCC(O)COC(=O)C(C)(C)CC. The van der Waals surface area contributed by atoms with Crippen molar-refractivity contribution < 1.29 is 167 Å². The van der Waals surface area contributed by atoms with Crippen LogP contribution in [-0.4, -0.2) is 230 Å². The first-order valence-electron chi connectivity index (χ1n) is 40.7. The molecule has 0 aliphatic rings. The van der Waals surface area contributed by atoms with Gasteiger partial charge in [-0.05, 0) is 225 Å². The van der Waals surface area contributed by atoms with Crippen molar-refractivity contribution >= 4 is 73.5 Å². The first-order valence-corrected chi connectivity index (χ1v) is 40.7. The summed E-state index contributed by atoms with van der Waals surface area (Å²) >= 11 is 0. The molecule has 0 bridgehead atoms. The predicted octanol–water partition coefficient (Wildman–Crippen LogP) is 16.7. The standard InChI is InChI=1S/C78H134O35/c1-6-9-40-64(7-2)61-111-66(80)41-20-10-21-42-92-68(82)93-43-22-11-23-44-94-69(83)95-45-24-12-25-46-96-70(84)97-47-26-13-27-48-98-71(85)99-49-28-14-29-50-100-72(86)101-51-30-15-31-52-102-73(87)103-53-32-16-33-54-104-74(88)105-55-34-17-35-56-106-75(89)107-57-36-18-37-58-108-76(90)109-59-38-19-39-60-110-77(91)113-63-65(79)62-112-67(81)78(4,5)8-3/h64-65,79H,6-63H2,1-5H3. The average Bonchev–Trinajstić information content (AvgIpc) is 0.892. The quantitative estimate of drug-likeness (QED) is 0.0336. The summed E-state index contributed by atoms with van der Waals surface area (Å²) in [5.74, 6) is -0.227. The Morgan fingerprint density at radius 2 is 0.434 bits per heavy atom. The minimum absolute atomic E-state index is 0.0652. The molecule has 0 aliphatic carbocycles. The average molecular weight is 1630 g/mol. The van der Waals surface area contributed by atoms with Crippen LogP contribution < -0.4 is 0 Å². The highest BCUT2D eigenvalue weighted by atomic mass is 16.8. The van der Waals surface area contributed by atoms with Gasteiger partial charge in [-0.25, -0.2) is 47.9 Å². The van der Waals surface area contributed by atoms with E-state index >= 15 is 0 Å². The number of carbonyl (C=O) groups is 12.